The van der Waals surface area contributed by atoms with Crippen molar-refractivity contribution in [2.75, 3.05) is 13.1 Å². The summed E-state index contributed by atoms with van der Waals surface area (Å²) in [5.74, 6) is -0.346. The summed E-state index contributed by atoms with van der Waals surface area (Å²) in [6.07, 6.45) is 1.71. The van der Waals surface area contributed by atoms with E-state index >= 15 is 0 Å². The maximum Gasteiger partial charge on any atom is 0.338 e. The van der Waals surface area contributed by atoms with Gasteiger partial charge in [-0.25, -0.2) is 18.2 Å². The third-order valence-electron chi connectivity index (χ3n) is 4.44. The van der Waals surface area contributed by atoms with E-state index in [4.69, 9.17) is 9.15 Å². The van der Waals surface area contributed by atoms with Crippen LogP contribution in [0.25, 0.3) is 11.1 Å². The Bertz CT molecular complexity index is 1050. The Balaban J connectivity index is 1.48. The van der Waals surface area contributed by atoms with Crippen LogP contribution in [0.5, 0.6) is 0 Å². The van der Waals surface area contributed by atoms with E-state index in [2.05, 4.69) is 4.98 Å². The molecule has 3 aromatic rings. The second kappa shape index (κ2) is 7.13. The Labute approximate surface area is 156 Å². The highest BCUT2D eigenvalue weighted by Crippen LogP contribution is 2.22. The minimum atomic E-state index is -3.58. The topological polar surface area (TPSA) is 89.7 Å². The van der Waals surface area contributed by atoms with Gasteiger partial charge in [-0.2, -0.15) is 4.31 Å². The molecule has 0 bridgehead atoms. The molecule has 27 heavy (non-hydrogen) atoms. The van der Waals surface area contributed by atoms with Crippen LogP contribution in [-0.4, -0.2) is 36.8 Å². The van der Waals surface area contributed by atoms with Gasteiger partial charge in [0.05, 0.1) is 10.5 Å². The Morgan fingerprint density at radius 1 is 1.11 bits per heavy atom. The second-order valence-electron chi connectivity index (χ2n) is 6.29. The number of oxazole rings is 1. The molecule has 0 amide bonds. The van der Waals surface area contributed by atoms with E-state index in [9.17, 15) is 13.2 Å². The van der Waals surface area contributed by atoms with E-state index in [1.165, 1.54) is 22.5 Å². The first kappa shape index (κ1) is 17.7. The molecule has 0 aliphatic carbocycles. The molecule has 1 aliphatic rings. The number of benzene rings is 2. The number of carbonyl (C=O) groups is 1. The van der Waals surface area contributed by atoms with Gasteiger partial charge in [-0.15, -0.1) is 0 Å². The fraction of sp³-hybridized carbons (Fsp3) is 0.263. The molecule has 0 saturated carbocycles. The van der Waals surface area contributed by atoms with Gasteiger partial charge in [0.2, 0.25) is 15.9 Å². The molecule has 4 rings (SSSR count). The second-order valence-corrected chi connectivity index (χ2v) is 8.23. The van der Waals surface area contributed by atoms with Crippen molar-refractivity contribution in [2.24, 2.45) is 0 Å². The molecule has 1 aromatic heterocycles. The Hall–Kier alpha value is -2.71. The Kier molecular flexibility index (Phi) is 4.67. The van der Waals surface area contributed by atoms with Gasteiger partial charge in [-0.05, 0) is 43.2 Å². The fourth-order valence-corrected chi connectivity index (χ4v) is 4.62. The van der Waals surface area contributed by atoms with Crippen LogP contribution in [0.4, 0.5) is 0 Å². The summed E-state index contributed by atoms with van der Waals surface area (Å²) < 4.78 is 37.5. The van der Waals surface area contributed by atoms with Crippen LogP contribution < -0.4 is 0 Å². The highest BCUT2D eigenvalue weighted by Gasteiger charge is 2.27. The zero-order chi connectivity index (χ0) is 18.9. The number of hydrogen-bond acceptors (Lipinski definition) is 6. The van der Waals surface area contributed by atoms with Gasteiger partial charge in [-0.3, -0.25) is 0 Å². The Morgan fingerprint density at radius 3 is 2.67 bits per heavy atom. The third-order valence-corrected chi connectivity index (χ3v) is 6.33. The fourth-order valence-electron chi connectivity index (χ4n) is 3.05. The number of hydrogen-bond donors (Lipinski definition) is 0. The molecule has 8 heteroatoms. The molecule has 0 spiro atoms. The summed E-state index contributed by atoms with van der Waals surface area (Å²) in [7, 11) is -3.58. The lowest BCUT2D eigenvalue weighted by atomic mass is 10.2. The van der Waals surface area contributed by atoms with Gasteiger partial charge < -0.3 is 9.15 Å². The van der Waals surface area contributed by atoms with Crippen LogP contribution in [-0.2, 0) is 21.4 Å². The minimum absolute atomic E-state index is 0.0979. The van der Waals surface area contributed by atoms with Gasteiger partial charge in [-0.1, -0.05) is 18.2 Å². The molecular formula is C19H18N2O5S. The summed E-state index contributed by atoms with van der Waals surface area (Å²) >= 11 is 0. The molecule has 140 valence electrons. The predicted molar refractivity (Wildman–Crippen MR) is 97.6 cm³/mol. The first-order valence-electron chi connectivity index (χ1n) is 8.66. The third kappa shape index (κ3) is 3.58. The van der Waals surface area contributed by atoms with Crippen LogP contribution in [0.2, 0.25) is 0 Å². The Morgan fingerprint density at radius 2 is 1.89 bits per heavy atom. The van der Waals surface area contributed by atoms with Gasteiger partial charge in [0, 0.05) is 13.1 Å². The lowest BCUT2D eigenvalue weighted by molar-refractivity contribution is 0.0440. The lowest BCUT2D eigenvalue weighted by Gasteiger charge is -2.15. The van der Waals surface area contributed by atoms with Crippen molar-refractivity contribution in [1.29, 1.82) is 0 Å². The van der Waals surface area contributed by atoms with Crippen molar-refractivity contribution in [3.63, 3.8) is 0 Å². The molecule has 2 aromatic carbocycles. The van der Waals surface area contributed by atoms with Crippen molar-refractivity contribution >= 4 is 27.1 Å². The van der Waals surface area contributed by atoms with E-state index in [1.54, 1.807) is 18.2 Å². The summed E-state index contributed by atoms with van der Waals surface area (Å²) in [6, 6.07) is 13.2. The minimum Gasteiger partial charge on any atom is -0.452 e. The first-order valence-corrected chi connectivity index (χ1v) is 10.1. The summed E-state index contributed by atoms with van der Waals surface area (Å²) in [5.41, 5.74) is 1.47. The first-order chi connectivity index (χ1) is 13.0. The number of nitrogens with zero attached hydrogens (tertiary/aromatic N) is 2. The largest absolute Gasteiger partial charge is 0.452 e. The predicted octanol–water partition coefficient (Wildman–Crippen LogP) is 2.97. The molecule has 1 saturated heterocycles. The zero-order valence-corrected chi connectivity index (χ0v) is 15.3. The molecular weight excluding hydrogens is 368 g/mol. The quantitative estimate of drug-likeness (QED) is 0.626. The maximum absolute atomic E-state index is 12.6. The summed E-state index contributed by atoms with van der Waals surface area (Å²) in [5, 5.41) is 0. The van der Waals surface area contributed by atoms with Crippen LogP contribution in [0, 0.1) is 0 Å². The van der Waals surface area contributed by atoms with E-state index in [-0.39, 0.29) is 23.0 Å². The van der Waals surface area contributed by atoms with E-state index in [1.807, 2.05) is 12.1 Å². The molecule has 0 radical (unpaired) electrons. The highest BCUT2D eigenvalue weighted by molar-refractivity contribution is 7.89. The van der Waals surface area contributed by atoms with Gasteiger partial charge in [0.25, 0.3) is 0 Å². The number of rotatable bonds is 5. The lowest BCUT2D eigenvalue weighted by Crippen LogP contribution is -2.28. The van der Waals surface area contributed by atoms with Gasteiger partial charge in [0.15, 0.2) is 12.2 Å². The average molecular weight is 386 g/mol. The summed E-state index contributed by atoms with van der Waals surface area (Å²) in [4.78, 5) is 16.7. The number of esters is 1. The number of aromatic nitrogens is 1. The molecule has 1 fully saturated rings. The number of sulfonamides is 1. The van der Waals surface area contributed by atoms with Crippen LogP contribution in [0.1, 0.15) is 29.1 Å². The van der Waals surface area contributed by atoms with Crippen molar-refractivity contribution in [1.82, 2.24) is 9.29 Å². The smallest absolute Gasteiger partial charge is 0.338 e. The van der Waals surface area contributed by atoms with Crippen molar-refractivity contribution in [3.8, 4) is 0 Å². The number of para-hydroxylation sites is 2. The van der Waals surface area contributed by atoms with Crippen molar-refractivity contribution < 1.29 is 22.4 Å². The molecule has 0 N–H and O–H groups in total. The van der Waals surface area contributed by atoms with Gasteiger partial charge >= 0.3 is 5.97 Å². The van der Waals surface area contributed by atoms with Crippen LogP contribution in [0.15, 0.2) is 57.8 Å². The molecule has 7 nitrogen and oxygen atoms in total. The molecule has 0 atom stereocenters. The van der Waals surface area contributed by atoms with Crippen LogP contribution in [0.3, 0.4) is 0 Å². The highest BCUT2D eigenvalue weighted by atomic mass is 32.2. The van der Waals surface area contributed by atoms with Crippen molar-refractivity contribution in [2.45, 2.75) is 24.3 Å². The number of carbonyl (C=O) groups excluding carboxylic acids is 1. The molecule has 0 unspecified atom stereocenters. The van der Waals surface area contributed by atoms with Crippen LogP contribution >= 0.6 is 0 Å². The SMILES string of the molecule is O=C(OCc1nc2ccccc2o1)c1cccc(S(=O)(=O)N2CCCC2)c1. The van der Waals surface area contributed by atoms with E-state index in [0.717, 1.165) is 12.8 Å². The summed E-state index contributed by atoms with van der Waals surface area (Å²) in [6.45, 7) is 0.889. The molecule has 1 aliphatic heterocycles. The zero-order valence-electron chi connectivity index (χ0n) is 14.5. The monoisotopic (exact) mass is 386 g/mol. The standard InChI is InChI=1S/C19H18N2O5S/c22-19(25-13-18-20-16-8-1-2-9-17(16)26-18)14-6-5-7-15(12-14)27(23,24)21-10-3-4-11-21/h1-2,5-9,12H,3-4,10-11,13H2. The number of ether oxygens (including phenoxy) is 1. The normalized spacial score (nSPS) is 15.3. The molecule has 2 heterocycles. The van der Waals surface area contributed by atoms with E-state index < -0.39 is 16.0 Å². The van der Waals surface area contributed by atoms with Crippen molar-refractivity contribution in [3.05, 3.63) is 60.0 Å². The average Bonchev–Trinajstić information content (AvgIpc) is 3.36. The maximum atomic E-state index is 12.6. The number of fused-ring (bicyclic) bond motifs is 1. The van der Waals surface area contributed by atoms with Gasteiger partial charge in [0.1, 0.15) is 5.52 Å². The van der Waals surface area contributed by atoms with E-state index in [0.29, 0.717) is 24.2 Å².